The molecule has 0 amide bonds. The quantitative estimate of drug-likeness (QED) is 0.618. The van der Waals surface area contributed by atoms with Crippen molar-refractivity contribution in [1.29, 1.82) is 0 Å². The fourth-order valence-corrected chi connectivity index (χ4v) is 1.48. The van der Waals surface area contributed by atoms with Crippen LogP contribution in [0.2, 0.25) is 0 Å². The Kier molecular flexibility index (Phi) is 2.08. The molecule has 72 valence electrons. The molecule has 2 aromatic rings. The molecule has 0 saturated heterocycles. The van der Waals surface area contributed by atoms with Crippen molar-refractivity contribution in [3.05, 3.63) is 42.0 Å². The van der Waals surface area contributed by atoms with Crippen LogP contribution >= 0.6 is 0 Å². The summed E-state index contributed by atoms with van der Waals surface area (Å²) in [5.41, 5.74) is 2.38. The third-order valence-corrected chi connectivity index (χ3v) is 2.50. The molecule has 0 atom stereocenters. The normalized spacial score (nSPS) is 10.5. The topological polar surface area (TPSA) is 21.7 Å². The van der Waals surface area contributed by atoms with Gasteiger partial charge < -0.3 is 0 Å². The van der Waals surface area contributed by atoms with Gasteiger partial charge in [0.2, 0.25) is 5.82 Å². The predicted molar refractivity (Wildman–Crippen MR) is 54.2 cm³/mol. The molecule has 0 spiro atoms. The minimum atomic E-state index is 1.12. The first kappa shape index (κ1) is 8.94. The molecule has 3 heteroatoms. The number of para-hydroxylation sites is 1. The van der Waals surface area contributed by atoms with Crippen LogP contribution in [-0.2, 0) is 7.05 Å². The van der Waals surface area contributed by atoms with Crippen molar-refractivity contribution in [3.63, 3.8) is 0 Å². The monoisotopic (exact) mass is 188 g/mol. The molecule has 14 heavy (non-hydrogen) atoms. The highest BCUT2D eigenvalue weighted by Crippen LogP contribution is 2.12. The van der Waals surface area contributed by atoms with E-state index in [1.165, 1.54) is 5.56 Å². The zero-order valence-corrected chi connectivity index (χ0v) is 8.73. The van der Waals surface area contributed by atoms with Crippen LogP contribution in [0.5, 0.6) is 0 Å². The maximum Gasteiger partial charge on any atom is 0.265 e. The highest BCUT2D eigenvalue weighted by Gasteiger charge is 2.14. The first-order chi connectivity index (χ1) is 6.70. The largest absolute Gasteiger partial charge is 0.265 e. The molecular weight excluding hydrogens is 174 g/mol. The average molecular weight is 188 g/mol. The summed E-state index contributed by atoms with van der Waals surface area (Å²) in [6.07, 6.45) is 1.82. The fraction of sp³-hybridized carbons (Fsp3) is 0.273. The highest BCUT2D eigenvalue weighted by molar-refractivity contribution is 5.39. The van der Waals surface area contributed by atoms with Crippen LogP contribution in [0.4, 0.5) is 0 Å². The lowest BCUT2D eigenvalue weighted by molar-refractivity contribution is -0.678. The lowest BCUT2D eigenvalue weighted by atomic mass is 10.2. The maximum absolute atomic E-state index is 4.33. The van der Waals surface area contributed by atoms with Gasteiger partial charge in [0.05, 0.1) is 7.05 Å². The molecule has 2 rings (SSSR count). The summed E-state index contributed by atoms with van der Waals surface area (Å²) >= 11 is 0. The summed E-state index contributed by atoms with van der Waals surface area (Å²) in [4.78, 5) is 0. The zero-order chi connectivity index (χ0) is 10.1. The Bertz CT molecular complexity index is 457. The Balaban J connectivity index is 2.60. The van der Waals surface area contributed by atoms with Crippen LogP contribution in [0.3, 0.4) is 0 Å². The third-order valence-electron chi connectivity index (χ3n) is 2.50. The number of hydrogen-bond acceptors (Lipinski definition) is 1. The average Bonchev–Trinajstić information content (AvgIpc) is 2.49. The second kappa shape index (κ2) is 3.25. The molecule has 0 bridgehead atoms. The maximum atomic E-state index is 4.33. The van der Waals surface area contributed by atoms with Gasteiger partial charge in [0.25, 0.3) is 6.33 Å². The van der Waals surface area contributed by atoms with Gasteiger partial charge in [0, 0.05) is 12.0 Å². The second-order valence-electron chi connectivity index (χ2n) is 3.49. The summed E-state index contributed by atoms with van der Waals surface area (Å²) in [6.45, 7) is 4.15. The molecule has 0 saturated carbocycles. The molecule has 1 aromatic heterocycles. The Hall–Kier alpha value is -1.64. The van der Waals surface area contributed by atoms with Crippen molar-refractivity contribution in [2.45, 2.75) is 13.8 Å². The number of aromatic nitrogens is 3. The van der Waals surface area contributed by atoms with Crippen molar-refractivity contribution in [1.82, 2.24) is 9.78 Å². The number of nitrogens with zero attached hydrogens (tertiary/aromatic N) is 3. The van der Waals surface area contributed by atoms with Crippen molar-refractivity contribution in [2.24, 2.45) is 7.05 Å². The van der Waals surface area contributed by atoms with E-state index in [0.29, 0.717) is 0 Å². The molecule has 0 aliphatic carbocycles. The number of rotatable bonds is 1. The first-order valence-electron chi connectivity index (χ1n) is 4.66. The van der Waals surface area contributed by atoms with Crippen molar-refractivity contribution in [2.75, 3.05) is 0 Å². The third kappa shape index (κ3) is 1.31. The molecule has 0 N–H and O–H groups in total. The number of benzene rings is 1. The number of hydrogen-bond donors (Lipinski definition) is 0. The Morgan fingerprint density at radius 3 is 2.50 bits per heavy atom. The molecule has 3 nitrogen and oxygen atoms in total. The van der Waals surface area contributed by atoms with Gasteiger partial charge in [0.1, 0.15) is 5.69 Å². The van der Waals surface area contributed by atoms with Gasteiger partial charge in [-0.3, -0.25) is 0 Å². The van der Waals surface area contributed by atoms with E-state index in [2.05, 4.69) is 31.1 Å². The smallest absolute Gasteiger partial charge is 0.237 e. The molecule has 1 heterocycles. The van der Waals surface area contributed by atoms with Gasteiger partial charge in [-0.05, 0) is 18.6 Å². The first-order valence-corrected chi connectivity index (χ1v) is 4.66. The van der Waals surface area contributed by atoms with Gasteiger partial charge in [-0.2, -0.15) is 0 Å². The standard InChI is InChI=1S/C11H14N3/c1-9-6-4-5-7-11(9)14-10(2)13(3)8-12-14/h4-8H,1-3H3/q+1. The molecule has 0 radical (unpaired) electrons. The minimum Gasteiger partial charge on any atom is -0.237 e. The summed E-state index contributed by atoms with van der Waals surface area (Å²) in [7, 11) is 2.00. The molecular formula is C11H14N3+. The fourth-order valence-electron chi connectivity index (χ4n) is 1.48. The Morgan fingerprint density at radius 1 is 1.21 bits per heavy atom. The van der Waals surface area contributed by atoms with Crippen LogP contribution < -0.4 is 4.57 Å². The molecule has 0 aliphatic heterocycles. The van der Waals surface area contributed by atoms with Gasteiger partial charge >= 0.3 is 0 Å². The van der Waals surface area contributed by atoms with E-state index in [0.717, 1.165) is 11.5 Å². The van der Waals surface area contributed by atoms with Gasteiger partial charge in [0.15, 0.2) is 0 Å². The van der Waals surface area contributed by atoms with Crippen molar-refractivity contribution in [3.8, 4) is 5.69 Å². The van der Waals surface area contributed by atoms with Crippen molar-refractivity contribution < 1.29 is 4.57 Å². The minimum absolute atomic E-state index is 1.12. The van der Waals surface area contributed by atoms with Crippen LogP contribution in [0.1, 0.15) is 11.4 Å². The van der Waals surface area contributed by atoms with Gasteiger partial charge in [-0.25, -0.2) is 4.57 Å². The zero-order valence-electron chi connectivity index (χ0n) is 8.73. The van der Waals surface area contributed by atoms with E-state index in [-0.39, 0.29) is 0 Å². The lowest BCUT2D eigenvalue weighted by Gasteiger charge is -1.99. The van der Waals surface area contributed by atoms with E-state index in [4.69, 9.17) is 0 Å². The molecule has 0 fully saturated rings. The van der Waals surface area contributed by atoms with Crippen molar-refractivity contribution >= 4 is 0 Å². The van der Waals surface area contributed by atoms with Gasteiger partial charge in [-0.15, -0.1) is 0 Å². The molecule has 0 aliphatic rings. The Labute approximate surface area is 83.6 Å². The van der Waals surface area contributed by atoms with Crippen LogP contribution in [-0.4, -0.2) is 9.78 Å². The van der Waals surface area contributed by atoms with E-state index < -0.39 is 0 Å². The van der Waals surface area contributed by atoms with E-state index in [1.807, 2.05) is 34.8 Å². The lowest BCUT2D eigenvalue weighted by Crippen LogP contribution is -2.29. The van der Waals surface area contributed by atoms with Crippen LogP contribution in [0.15, 0.2) is 30.6 Å². The summed E-state index contributed by atoms with van der Waals surface area (Å²) in [5, 5.41) is 4.33. The highest BCUT2D eigenvalue weighted by atomic mass is 15.4. The summed E-state index contributed by atoms with van der Waals surface area (Å²) in [6, 6.07) is 8.24. The van der Waals surface area contributed by atoms with Gasteiger partial charge in [-0.1, -0.05) is 22.9 Å². The molecule has 0 unspecified atom stereocenters. The second-order valence-corrected chi connectivity index (χ2v) is 3.49. The van der Waals surface area contributed by atoms with E-state index in [1.54, 1.807) is 0 Å². The summed E-state index contributed by atoms with van der Waals surface area (Å²) in [5.74, 6) is 1.12. The van der Waals surface area contributed by atoms with E-state index >= 15 is 0 Å². The van der Waals surface area contributed by atoms with Crippen LogP contribution in [0, 0.1) is 13.8 Å². The number of aryl methyl sites for hydroxylation is 2. The van der Waals surface area contributed by atoms with E-state index in [9.17, 15) is 0 Å². The predicted octanol–water partition coefficient (Wildman–Crippen LogP) is 1.31. The SMILES string of the molecule is Cc1ccccc1-n1nc[n+](C)c1C. The summed E-state index contributed by atoms with van der Waals surface area (Å²) < 4.78 is 3.96. The van der Waals surface area contributed by atoms with Crippen LogP contribution in [0.25, 0.3) is 5.69 Å². The molecule has 1 aromatic carbocycles. The Morgan fingerprint density at radius 2 is 1.93 bits per heavy atom.